The van der Waals surface area contributed by atoms with Crippen molar-refractivity contribution in [3.05, 3.63) is 47.8 Å². The summed E-state index contributed by atoms with van der Waals surface area (Å²) in [5.74, 6) is 0. The molecule has 19 heavy (non-hydrogen) atoms. The lowest BCUT2D eigenvalue weighted by Gasteiger charge is -2.09. The lowest BCUT2D eigenvalue weighted by atomic mass is 10.1. The minimum Gasteiger partial charge on any atom is -0.388 e. The van der Waals surface area contributed by atoms with Gasteiger partial charge in [0.25, 0.3) is 0 Å². The molecule has 102 valence electrons. The minimum atomic E-state index is -4.44. The van der Waals surface area contributed by atoms with Gasteiger partial charge in [0.1, 0.15) is 0 Å². The fourth-order valence-corrected chi connectivity index (χ4v) is 1.70. The van der Waals surface area contributed by atoms with Gasteiger partial charge in [0.05, 0.1) is 11.8 Å². The summed E-state index contributed by atoms with van der Waals surface area (Å²) in [5, 5.41) is 13.1. The van der Waals surface area contributed by atoms with Gasteiger partial charge in [0, 0.05) is 6.20 Å². The molecule has 0 aliphatic carbocycles. The number of rotatable bonds is 3. The van der Waals surface area contributed by atoms with Crippen LogP contribution < -0.4 is 0 Å². The molecule has 1 atom stereocenters. The SMILES string of the molecule is CC[C@@H](O)c1ccc(-n2ccc(C(F)(F)F)n2)cc1. The number of nitrogens with zero attached hydrogens (tertiary/aromatic N) is 2. The molecule has 0 unspecified atom stereocenters. The summed E-state index contributed by atoms with van der Waals surface area (Å²) in [4.78, 5) is 0. The second kappa shape index (κ2) is 5.05. The van der Waals surface area contributed by atoms with Crippen LogP contribution in [0.15, 0.2) is 36.5 Å². The Hall–Kier alpha value is -1.82. The standard InChI is InChI=1S/C13H13F3N2O/c1-2-11(19)9-3-5-10(6-4-9)18-8-7-12(17-18)13(14,15)16/h3-8,11,19H,2H2,1H3/t11-/m1/s1. The predicted octanol–water partition coefficient (Wildman–Crippen LogP) is 3.33. The molecule has 2 rings (SSSR count). The highest BCUT2D eigenvalue weighted by Crippen LogP contribution is 2.28. The highest BCUT2D eigenvalue weighted by molar-refractivity contribution is 5.35. The number of alkyl halides is 3. The quantitative estimate of drug-likeness (QED) is 0.929. The van der Waals surface area contributed by atoms with E-state index in [1.54, 1.807) is 24.3 Å². The van der Waals surface area contributed by atoms with Crippen LogP contribution in [0.4, 0.5) is 13.2 Å². The molecule has 1 aromatic carbocycles. The van der Waals surface area contributed by atoms with Gasteiger partial charge in [-0.1, -0.05) is 19.1 Å². The molecule has 1 N–H and O–H groups in total. The third-order valence-corrected chi connectivity index (χ3v) is 2.81. The Morgan fingerprint density at radius 1 is 1.21 bits per heavy atom. The van der Waals surface area contributed by atoms with Gasteiger partial charge in [0.2, 0.25) is 0 Å². The first kappa shape index (κ1) is 13.6. The van der Waals surface area contributed by atoms with Crippen molar-refractivity contribution in [1.29, 1.82) is 0 Å². The zero-order valence-corrected chi connectivity index (χ0v) is 10.2. The zero-order valence-electron chi connectivity index (χ0n) is 10.2. The zero-order chi connectivity index (χ0) is 14.0. The van der Waals surface area contributed by atoms with Crippen molar-refractivity contribution >= 4 is 0 Å². The highest BCUT2D eigenvalue weighted by atomic mass is 19.4. The third kappa shape index (κ3) is 2.96. The van der Waals surface area contributed by atoms with Crippen LogP contribution in [0.5, 0.6) is 0 Å². The summed E-state index contributed by atoms with van der Waals surface area (Å²) in [6, 6.07) is 7.54. The van der Waals surface area contributed by atoms with Gasteiger partial charge in [-0.15, -0.1) is 0 Å². The number of halogens is 3. The van der Waals surface area contributed by atoms with Crippen LogP contribution >= 0.6 is 0 Å². The summed E-state index contributed by atoms with van der Waals surface area (Å²) in [6.45, 7) is 1.85. The Bertz CT molecular complexity index is 546. The normalized spacial score (nSPS) is 13.5. The fourth-order valence-electron chi connectivity index (χ4n) is 1.70. The second-order valence-corrected chi connectivity index (χ2v) is 4.16. The molecule has 0 saturated carbocycles. The number of aromatic nitrogens is 2. The van der Waals surface area contributed by atoms with Crippen molar-refractivity contribution < 1.29 is 18.3 Å². The van der Waals surface area contributed by atoms with Crippen molar-refractivity contribution in [2.75, 3.05) is 0 Å². The topological polar surface area (TPSA) is 38.0 Å². The number of aliphatic hydroxyl groups is 1. The molecule has 0 aliphatic heterocycles. The van der Waals surface area contributed by atoms with E-state index in [1.807, 2.05) is 6.92 Å². The van der Waals surface area contributed by atoms with Gasteiger partial charge in [-0.25, -0.2) is 4.68 Å². The van der Waals surface area contributed by atoms with E-state index < -0.39 is 18.0 Å². The number of benzene rings is 1. The summed E-state index contributed by atoms with van der Waals surface area (Å²) in [5.41, 5.74) is 0.321. The van der Waals surface area contributed by atoms with Crippen molar-refractivity contribution in [2.45, 2.75) is 25.6 Å². The first-order chi connectivity index (χ1) is 8.91. The summed E-state index contributed by atoms with van der Waals surface area (Å²) < 4.78 is 38.4. The molecular weight excluding hydrogens is 257 g/mol. The first-order valence-electron chi connectivity index (χ1n) is 5.83. The molecule has 0 spiro atoms. The molecule has 1 aromatic heterocycles. The van der Waals surface area contributed by atoms with Crippen molar-refractivity contribution in [3.63, 3.8) is 0 Å². The van der Waals surface area contributed by atoms with Gasteiger partial charge >= 0.3 is 6.18 Å². The van der Waals surface area contributed by atoms with Crippen LogP contribution in [0.2, 0.25) is 0 Å². The Morgan fingerprint density at radius 3 is 2.32 bits per heavy atom. The minimum absolute atomic E-state index is 0.516. The molecule has 6 heteroatoms. The lowest BCUT2D eigenvalue weighted by molar-refractivity contribution is -0.141. The number of hydrogen-bond donors (Lipinski definition) is 1. The molecule has 3 nitrogen and oxygen atoms in total. The maximum atomic E-state index is 12.4. The van der Waals surface area contributed by atoms with Gasteiger partial charge in [0.15, 0.2) is 5.69 Å². The molecule has 1 heterocycles. The van der Waals surface area contributed by atoms with E-state index in [9.17, 15) is 18.3 Å². The van der Waals surface area contributed by atoms with Crippen LogP contribution in [0.1, 0.15) is 30.7 Å². The predicted molar refractivity (Wildman–Crippen MR) is 63.8 cm³/mol. The summed E-state index contributed by atoms with van der Waals surface area (Å²) >= 11 is 0. The van der Waals surface area contributed by atoms with Crippen molar-refractivity contribution in [2.24, 2.45) is 0 Å². The molecule has 0 bridgehead atoms. The van der Waals surface area contributed by atoms with Crippen LogP contribution in [0.25, 0.3) is 5.69 Å². The highest BCUT2D eigenvalue weighted by Gasteiger charge is 2.33. The third-order valence-electron chi connectivity index (χ3n) is 2.81. The van der Waals surface area contributed by atoms with Crippen LogP contribution in [-0.2, 0) is 6.18 Å². The largest absolute Gasteiger partial charge is 0.435 e. The molecule has 2 aromatic rings. The Kier molecular flexibility index (Phi) is 3.61. The van der Waals surface area contributed by atoms with E-state index in [2.05, 4.69) is 5.10 Å². The molecule has 0 saturated heterocycles. The van der Waals surface area contributed by atoms with E-state index >= 15 is 0 Å². The van der Waals surface area contributed by atoms with Crippen molar-refractivity contribution in [1.82, 2.24) is 9.78 Å². The molecule has 0 aliphatic rings. The van der Waals surface area contributed by atoms with Gasteiger partial charge in [-0.3, -0.25) is 0 Å². The van der Waals surface area contributed by atoms with Crippen molar-refractivity contribution in [3.8, 4) is 5.69 Å². The molecule has 0 amide bonds. The van der Waals surface area contributed by atoms with Crippen LogP contribution in [0.3, 0.4) is 0 Å². The van der Waals surface area contributed by atoms with Gasteiger partial charge in [-0.05, 0) is 30.2 Å². The van der Waals surface area contributed by atoms with Gasteiger partial charge in [-0.2, -0.15) is 18.3 Å². The van der Waals surface area contributed by atoms with Crippen LogP contribution in [-0.4, -0.2) is 14.9 Å². The van der Waals surface area contributed by atoms with E-state index in [-0.39, 0.29) is 0 Å². The van der Waals surface area contributed by atoms with E-state index in [0.29, 0.717) is 12.1 Å². The number of aliphatic hydroxyl groups excluding tert-OH is 1. The molecular formula is C13H13F3N2O. The lowest BCUT2D eigenvalue weighted by Crippen LogP contribution is -2.07. The summed E-state index contributed by atoms with van der Waals surface area (Å²) in [6.07, 6.45) is -3.16. The van der Waals surface area contributed by atoms with E-state index in [4.69, 9.17) is 0 Å². The Balaban J connectivity index is 2.25. The molecule has 0 fully saturated rings. The Labute approximate surface area is 108 Å². The van der Waals surface area contributed by atoms with Gasteiger partial charge < -0.3 is 5.11 Å². The Morgan fingerprint density at radius 2 is 1.84 bits per heavy atom. The number of hydrogen-bond acceptors (Lipinski definition) is 2. The smallest absolute Gasteiger partial charge is 0.388 e. The first-order valence-corrected chi connectivity index (χ1v) is 5.83. The fraction of sp³-hybridized carbons (Fsp3) is 0.308. The maximum absolute atomic E-state index is 12.4. The molecule has 0 radical (unpaired) electrons. The second-order valence-electron chi connectivity index (χ2n) is 4.16. The van der Waals surface area contributed by atoms with E-state index in [1.165, 1.54) is 6.20 Å². The average molecular weight is 270 g/mol. The maximum Gasteiger partial charge on any atom is 0.435 e. The average Bonchev–Trinajstić information content (AvgIpc) is 2.87. The van der Waals surface area contributed by atoms with E-state index in [0.717, 1.165) is 16.3 Å². The van der Waals surface area contributed by atoms with Crippen LogP contribution in [0, 0.1) is 0 Å². The summed E-state index contributed by atoms with van der Waals surface area (Å²) in [7, 11) is 0. The monoisotopic (exact) mass is 270 g/mol.